The summed E-state index contributed by atoms with van der Waals surface area (Å²) in [5, 5.41) is 0.624. The summed E-state index contributed by atoms with van der Waals surface area (Å²) < 4.78 is 2.01. The van der Waals surface area contributed by atoms with Crippen LogP contribution in [0.25, 0.3) is 10.9 Å². The summed E-state index contributed by atoms with van der Waals surface area (Å²) in [7, 11) is 0. The fraction of sp³-hybridized carbons (Fsp3) is 0.333. The van der Waals surface area contributed by atoms with Crippen LogP contribution in [0.5, 0.6) is 0 Å². The number of nitrogens with zero attached hydrogens (tertiary/aromatic N) is 1. The molecular formula is C15H17NO2. The summed E-state index contributed by atoms with van der Waals surface area (Å²) >= 11 is 0. The fourth-order valence-corrected chi connectivity index (χ4v) is 2.17. The van der Waals surface area contributed by atoms with Crippen LogP contribution in [-0.4, -0.2) is 10.9 Å². The SMILES string of the molecule is CCCCCn1cc(C=O)c(=O)c2ccccc21. The molecule has 3 heteroatoms. The number of fused-ring (bicyclic) bond motifs is 1. The van der Waals surface area contributed by atoms with Gasteiger partial charge in [-0.25, -0.2) is 0 Å². The van der Waals surface area contributed by atoms with Crippen LogP contribution in [0.3, 0.4) is 0 Å². The van der Waals surface area contributed by atoms with Crippen molar-refractivity contribution < 1.29 is 4.79 Å². The van der Waals surface area contributed by atoms with Crippen molar-refractivity contribution in [3.63, 3.8) is 0 Å². The van der Waals surface area contributed by atoms with Crippen molar-refractivity contribution in [3.05, 3.63) is 46.2 Å². The van der Waals surface area contributed by atoms with Crippen molar-refractivity contribution >= 4 is 17.2 Å². The Hall–Kier alpha value is -1.90. The third-order valence-electron chi connectivity index (χ3n) is 3.14. The zero-order valence-corrected chi connectivity index (χ0v) is 10.6. The van der Waals surface area contributed by atoms with Crippen LogP contribution in [0.4, 0.5) is 0 Å². The average Bonchev–Trinajstić information content (AvgIpc) is 2.42. The Bertz CT molecular complexity index is 613. The number of para-hydroxylation sites is 1. The molecule has 1 aromatic heterocycles. The molecule has 0 amide bonds. The van der Waals surface area contributed by atoms with Crippen LogP contribution in [0.2, 0.25) is 0 Å². The summed E-state index contributed by atoms with van der Waals surface area (Å²) in [6.07, 6.45) is 5.68. The second-order valence-corrected chi connectivity index (χ2v) is 4.45. The van der Waals surface area contributed by atoms with E-state index in [0.717, 1.165) is 31.3 Å². The summed E-state index contributed by atoms with van der Waals surface area (Å²) in [6, 6.07) is 7.45. The maximum absolute atomic E-state index is 12.0. The quantitative estimate of drug-likeness (QED) is 0.598. The minimum atomic E-state index is -0.174. The average molecular weight is 243 g/mol. The van der Waals surface area contributed by atoms with Gasteiger partial charge in [-0.2, -0.15) is 0 Å². The molecule has 0 aliphatic rings. The number of rotatable bonds is 5. The molecule has 94 valence electrons. The molecule has 2 aromatic rings. The molecule has 0 saturated carbocycles. The van der Waals surface area contributed by atoms with E-state index in [9.17, 15) is 9.59 Å². The molecule has 0 fully saturated rings. The van der Waals surface area contributed by atoms with E-state index in [-0.39, 0.29) is 11.0 Å². The van der Waals surface area contributed by atoms with Gasteiger partial charge in [-0.05, 0) is 18.6 Å². The largest absolute Gasteiger partial charge is 0.347 e. The molecule has 2 rings (SSSR count). The summed E-state index contributed by atoms with van der Waals surface area (Å²) in [6.45, 7) is 3.00. The minimum absolute atomic E-state index is 0.174. The third-order valence-corrected chi connectivity index (χ3v) is 3.14. The predicted octanol–water partition coefficient (Wildman–Crippen LogP) is 3.00. The Morgan fingerprint density at radius 1 is 1.22 bits per heavy atom. The number of benzene rings is 1. The van der Waals surface area contributed by atoms with Crippen molar-refractivity contribution in [2.75, 3.05) is 0 Å². The van der Waals surface area contributed by atoms with E-state index >= 15 is 0 Å². The maximum atomic E-state index is 12.0. The molecular weight excluding hydrogens is 226 g/mol. The first-order chi connectivity index (χ1) is 8.77. The van der Waals surface area contributed by atoms with Crippen LogP contribution in [0.15, 0.2) is 35.3 Å². The van der Waals surface area contributed by atoms with Crippen LogP contribution < -0.4 is 5.43 Å². The third kappa shape index (κ3) is 2.35. The number of carbonyl (C=O) groups excluding carboxylic acids is 1. The van der Waals surface area contributed by atoms with Gasteiger partial charge in [0.15, 0.2) is 11.7 Å². The van der Waals surface area contributed by atoms with Crippen molar-refractivity contribution in [1.82, 2.24) is 4.57 Å². The standard InChI is InChI=1S/C15H17NO2/c1-2-3-6-9-16-10-12(11-17)15(18)13-7-4-5-8-14(13)16/h4-5,7-8,10-11H,2-3,6,9H2,1H3. The molecule has 0 atom stereocenters. The molecule has 1 heterocycles. The molecule has 0 saturated heterocycles. The number of aldehydes is 1. The molecule has 3 nitrogen and oxygen atoms in total. The van der Waals surface area contributed by atoms with E-state index in [1.54, 1.807) is 12.3 Å². The lowest BCUT2D eigenvalue weighted by Gasteiger charge is -2.11. The van der Waals surface area contributed by atoms with E-state index in [2.05, 4.69) is 6.92 Å². The first kappa shape index (κ1) is 12.6. The number of carbonyl (C=O) groups is 1. The highest BCUT2D eigenvalue weighted by Crippen LogP contribution is 2.12. The number of hydrogen-bond acceptors (Lipinski definition) is 2. The van der Waals surface area contributed by atoms with E-state index in [1.165, 1.54) is 0 Å². The van der Waals surface area contributed by atoms with Crippen molar-refractivity contribution in [1.29, 1.82) is 0 Å². The Morgan fingerprint density at radius 3 is 2.72 bits per heavy atom. The lowest BCUT2D eigenvalue weighted by Crippen LogP contribution is -2.14. The highest BCUT2D eigenvalue weighted by molar-refractivity contribution is 5.85. The predicted molar refractivity (Wildman–Crippen MR) is 73.1 cm³/mol. The fourth-order valence-electron chi connectivity index (χ4n) is 2.17. The first-order valence-electron chi connectivity index (χ1n) is 6.35. The van der Waals surface area contributed by atoms with Crippen molar-refractivity contribution in [2.45, 2.75) is 32.7 Å². The van der Waals surface area contributed by atoms with Crippen LogP contribution in [0.1, 0.15) is 36.5 Å². The van der Waals surface area contributed by atoms with Gasteiger partial charge in [0.2, 0.25) is 0 Å². The van der Waals surface area contributed by atoms with Gasteiger partial charge < -0.3 is 4.57 Å². The summed E-state index contributed by atoms with van der Waals surface area (Å²) in [5.74, 6) is 0. The van der Waals surface area contributed by atoms with Gasteiger partial charge in [-0.15, -0.1) is 0 Å². The smallest absolute Gasteiger partial charge is 0.199 e. The molecule has 0 bridgehead atoms. The molecule has 18 heavy (non-hydrogen) atoms. The summed E-state index contributed by atoms with van der Waals surface area (Å²) in [4.78, 5) is 22.9. The maximum Gasteiger partial charge on any atom is 0.199 e. The minimum Gasteiger partial charge on any atom is -0.347 e. The number of pyridine rings is 1. The molecule has 1 aromatic carbocycles. The van der Waals surface area contributed by atoms with Gasteiger partial charge in [-0.3, -0.25) is 9.59 Å². The zero-order valence-electron chi connectivity index (χ0n) is 10.6. The van der Waals surface area contributed by atoms with Gasteiger partial charge in [0, 0.05) is 18.1 Å². The van der Waals surface area contributed by atoms with E-state index in [0.29, 0.717) is 11.7 Å². The highest BCUT2D eigenvalue weighted by atomic mass is 16.1. The molecule has 0 aliphatic heterocycles. The van der Waals surface area contributed by atoms with Crippen molar-refractivity contribution in [2.24, 2.45) is 0 Å². The molecule has 0 N–H and O–H groups in total. The Labute approximate surface area is 106 Å². The number of hydrogen-bond donors (Lipinski definition) is 0. The molecule has 0 spiro atoms. The number of unbranched alkanes of at least 4 members (excludes halogenated alkanes) is 2. The lowest BCUT2D eigenvalue weighted by atomic mass is 10.1. The number of aromatic nitrogens is 1. The van der Waals surface area contributed by atoms with Gasteiger partial charge in [0.05, 0.1) is 11.1 Å². The van der Waals surface area contributed by atoms with Crippen molar-refractivity contribution in [3.8, 4) is 0 Å². The highest BCUT2D eigenvalue weighted by Gasteiger charge is 2.07. The molecule has 0 unspecified atom stereocenters. The van der Waals surface area contributed by atoms with Gasteiger partial charge in [0.25, 0.3) is 0 Å². The second-order valence-electron chi connectivity index (χ2n) is 4.45. The van der Waals surface area contributed by atoms with Crippen LogP contribution in [-0.2, 0) is 6.54 Å². The van der Waals surface area contributed by atoms with Crippen LogP contribution in [0, 0.1) is 0 Å². The molecule has 0 aliphatic carbocycles. The van der Waals surface area contributed by atoms with Gasteiger partial charge in [-0.1, -0.05) is 31.9 Å². The van der Waals surface area contributed by atoms with E-state index in [4.69, 9.17) is 0 Å². The second kappa shape index (κ2) is 5.63. The van der Waals surface area contributed by atoms with E-state index in [1.807, 2.05) is 22.8 Å². The molecule has 0 radical (unpaired) electrons. The Kier molecular flexibility index (Phi) is 3.92. The van der Waals surface area contributed by atoms with Gasteiger partial charge in [0.1, 0.15) is 0 Å². The Morgan fingerprint density at radius 2 is 2.00 bits per heavy atom. The van der Waals surface area contributed by atoms with E-state index < -0.39 is 0 Å². The number of aryl methyl sites for hydroxylation is 1. The normalized spacial score (nSPS) is 10.7. The zero-order chi connectivity index (χ0) is 13.0. The first-order valence-corrected chi connectivity index (χ1v) is 6.35. The van der Waals surface area contributed by atoms with Gasteiger partial charge >= 0.3 is 0 Å². The topological polar surface area (TPSA) is 39.1 Å². The monoisotopic (exact) mass is 243 g/mol. The summed E-state index contributed by atoms with van der Waals surface area (Å²) in [5.41, 5.74) is 0.974. The lowest BCUT2D eigenvalue weighted by molar-refractivity contribution is 0.112. The van der Waals surface area contributed by atoms with Crippen LogP contribution >= 0.6 is 0 Å². The Balaban J connectivity index is 2.54.